The number of carbonyl (C=O) groups excluding carboxylic acids is 1. The van der Waals surface area contributed by atoms with E-state index in [1.54, 1.807) is 60.7 Å². The van der Waals surface area contributed by atoms with Crippen molar-refractivity contribution in [2.75, 3.05) is 10.8 Å². The number of hydrogen-bond donors (Lipinski definition) is 2. The highest BCUT2D eigenvalue weighted by atomic mass is 79.9. The van der Waals surface area contributed by atoms with E-state index in [1.807, 2.05) is 0 Å². The number of carbonyl (C=O) groups is 1. The Morgan fingerprint density at radius 1 is 0.970 bits per heavy atom. The van der Waals surface area contributed by atoms with Crippen LogP contribution in [0.5, 0.6) is 5.88 Å². The van der Waals surface area contributed by atoms with Crippen LogP contribution in [0.3, 0.4) is 0 Å². The lowest BCUT2D eigenvalue weighted by Crippen LogP contribution is -2.35. The second kappa shape index (κ2) is 9.46. The molecule has 0 bridgehead atoms. The molecular weight excluding hydrogens is 576 g/mol. The molecule has 0 saturated carbocycles. The van der Waals surface area contributed by atoms with Crippen LogP contribution in [-0.2, 0) is 14.8 Å². The van der Waals surface area contributed by atoms with Crippen molar-refractivity contribution < 1.29 is 18.3 Å². The van der Waals surface area contributed by atoms with Crippen molar-refractivity contribution in [3.8, 4) is 5.88 Å². The SMILES string of the molecule is O=C(CN(c1cccc(Br)c1)S(=O)(=O)c1ccccc1)N=Nc1c(O)[nH]c2ccc(Br)cc12. The van der Waals surface area contributed by atoms with Crippen molar-refractivity contribution in [2.45, 2.75) is 4.90 Å². The van der Waals surface area contributed by atoms with Crippen LogP contribution in [0.4, 0.5) is 11.4 Å². The van der Waals surface area contributed by atoms with Crippen LogP contribution >= 0.6 is 31.9 Å². The number of halogens is 2. The Labute approximate surface area is 206 Å². The quantitative estimate of drug-likeness (QED) is 0.271. The highest BCUT2D eigenvalue weighted by Gasteiger charge is 2.27. The van der Waals surface area contributed by atoms with E-state index in [-0.39, 0.29) is 22.2 Å². The van der Waals surface area contributed by atoms with Crippen molar-refractivity contribution in [3.05, 3.63) is 81.7 Å². The Morgan fingerprint density at radius 3 is 2.42 bits per heavy atom. The maximum Gasteiger partial charge on any atom is 0.285 e. The van der Waals surface area contributed by atoms with E-state index in [4.69, 9.17) is 0 Å². The molecule has 0 aliphatic carbocycles. The normalized spacial score (nSPS) is 11.8. The molecule has 0 saturated heterocycles. The number of sulfonamides is 1. The molecule has 0 radical (unpaired) electrons. The summed E-state index contributed by atoms with van der Waals surface area (Å²) in [5.41, 5.74) is 0.981. The van der Waals surface area contributed by atoms with Gasteiger partial charge in [0.05, 0.1) is 16.1 Å². The molecule has 4 rings (SSSR count). The number of H-pyrrole nitrogens is 1. The Morgan fingerprint density at radius 2 is 1.70 bits per heavy atom. The third-order valence-corrected chi connectivity index (χ3v) is 7.46. The molecule has 4 aromatic rings. The Bertz CT molecular complexity index is 1470. The lowest BCUT2D eigenvalue weighted by atomic mass is 10.2. The van der Waals surface area contributed by atoms with Gasteiger partial charge >= 0.3 is 0 Å². The summed E-state index contributed by atoms with van der Waals surface area (Å²) < 4.78 is 29.0. The number of aromatic hydroxyl groups is 1. The first-order valence-electron chi connectivity index (χ1n) is 9.54. The van der Waals surface area contributed by atoms with Crippen molar-refractivity contribution in [1.29, 1.82) is 0 Å². The predicted octanol–water partition coefficient (Wildman–Crippen LogP) is 5.90. The van der Waals surface area contributed by atoms with Crippen molar-refractivity contribution >= 4 is 70.1 Å². The monoisotopic (exact) mass is 590 g/mol. The second-order valence-electron chi connectivity index (χ2n) is 6.91. The van der Waals surface area contributed by atoms with Gasteiger partial charge < -0.3 is 10.1 Å². The Balaban J connectivity index is 1.68. The second-order valence-corrected chi connectivity index (χ2v) is 10.6. The molecule has 8 nitrogen and oxygen atoms in total. The van der Waals surface area contributed by atoms with Gasteiger partial charge in [-0.3, -0.25) is 9.10 Å². The van der Waals surface area contributed by atoms with Gasteiger partial charge in [-0.05, 0) is 48.5 Å². The minimum atomic E-state index is -4.06. The predicted molar refractivity (Wildman–Crippen MR) is 132 cm³/mol. The minimum absolute atomic E-state index is 0.0360. The first kappa shape index (κ1) is 23.1. The Hall–Kier alpha value is -3.02. The first-order valence-corrected chi connectivity index (χ1v) is 12.6. The molecule has 0 aliphatic rings. The van der Waals surface area contributed by atoms with Crippen LogP contribution in [0, 0.1) is 0 Å². The smallest absolute Gasteiger partial charge is 0.285 e. The van der Waals surface area contributed by atoms with E-state index < -0.39 is 22.5 Å². The van der Waals surface area contributed by atoms with Crippen molar-refractivity contribution in [1.82, 2.24) is 4.98 Å². The fourth-order valence-electron chi connectivity index (χ4n) is 3.16. The van der Waals surface area contributed by atoms with Gasteiger partial charge in [-0.1, -0.05) is 56.1 Å². The zero-order chi connectivity index (χ0) is 23.6. The van der Waals surface area contributed by atoms with Gasteiger partial charge in [-0.15, -0.1) is 10.2 Å². The Kier molecular flexibility index (Phi) is 6.63. The lowest BCUT2D eigenvalue weighted by Gasteiger charge is -2.23. The van der Waals surface area contributed by atoms with E-state index in [9.17, 15) is 18.3 Å². The molecule has 0 spiro atoms. The average Bonchev–Trinajstić information content (AvgIpc) is 3.10. The first-order chi connectivity index (χ1) is 15.8. The number of amides is 1. The standard InChI is InChI=1S/C22H16Br2N4O4S/c23-14-5-4-6-16(11-14)28(33(31,32)17-7-2-1-3-8-17)13-20(29)26-27-21-18-12-15(24)9-10-19(18)25-22(21)30/h1-12,25,30H,13H2. The maximum atomic E-state index is 13.3. The fraction of sp³-hybridized carbons (Fsp3) is 0.0455. The number of nitrogens with zero attached hydrogens (tertiary/aromatic N) is 3. The molecule has 1 heterocycles. The number of hydrogen-bond acceptors (Lipinski definition) is 5. The highest BCUT2D eigenvalue weighted by Crippen LogP contribution is 2.37. The molecule has 1 aromatic heterocycles. The third kappa shape index (κ3) is 5.00. The van der Waals surface area contributed by atoms with Crippen LogP contribution in [0.15, 0.2) is 96.9 Å². The van der Waals surface area contributed by atoms with Crippen LogP contribution in [0.1, 0.15) is 0 Å². The number of aromatic amines is 1. The number of azo groups is 1. The van der Waals surface area contributed by atoms with Crippen LogP contribution in [0.25, 0.3) is 10.9 Å². The zero-order valence-electron chi connectivity index (χ0n) is 16.8. The average molecular weight is 592 g/mol. The lowest BCUT2D eigenvalue weighted by molar-refractivity contribution is -0.116. The summed E-state index contributed by atoms with van der Waals surface area (Å²) in [6, 6.07) is 19.6. The minimum Gasteiger partial charge on any atom is -0.493 e. The topological polar surface area (TPSA) is 115 Å². The number of benzene rings is 3. The van der Waals surface area contributed by atoms with Crippen LogP contribution in [0.2, 0.25) is 0 Å². The van der Waals surface area contributed by atoms with Gasteiger partial charge in [0.15, 0.2) is 5.69 Å². The third-order valence-electron chi connectivity index (χ3n) is 4.68. The van der Waals surface area contributed by atoms with Gasteiger partial charge in [0.2, 0.25) is 5.88 Å². The zero-order valence-corrected chi connectivity index (χ0v) is 20.8. The van der Waals surface area contributed by atoms with Crippen molar-refractivity contribution in [3.63, 3.8) is 0 Å². The molecular formula is C22H16Br2N4O4S. The van der Waals surface area contributed by atoms with E-state index in [0.29, 0.717) is 15.4 Å². The molecule has 0 aliphatic heterocycles. The number of rotatable bonds is 6. The van der Waals surface area contributed by atoms with E-state index in [0.717, 1.165) is 8.78 Å². The summed E-state index contributed by atoms with van der Waals surface area (Å²) in [7, 11) is -4.06. The number of aromatic nitrogens is 1. The molecule has 0 unspecified atom stereocenters. The van der Waals surface area contributed by atoms with Gasteiger partial charge in [0, 0.05) is 14.3 Å². The summed E-state index contributed by atoms with van der Waals surface area (Å²) in [5, 5.41) is 18.3. The summed E-state index contributed by atoms with van der Waals surface area (Å²) in [5.74, 6) is -1.06. The van der Waals surface area contributed by atoms with Crippen LogP contribution < -0.4 is 4.31 Å². The van der Waals surface area contributed by atoms with E-state index in [1.165, 1.54) is 12.1 Å². The molecule has 11 heteroatoms. The fourth-order valence-corrected chi connectivity index (χ4v) is 5.34. The van der Waals surface area contributed by atoms with Crippen LogP contribution in [-0.4, -0.2) is 31.0 Å². The number of anilines is 1. The molecule has 33 heavy (non-hydrogen) atoms. The van der Waals surface area contributed by atoms with Gasteiger partial charge in [-0.25, -0.2) is 8.42 Å². The molecule has 0 atom stereocenters. The molecule has 0 fully saturated rings. The molecule has 3 aromatic carbocycles. The number of fused-ring (bicyclic) bond motifs is 1. The van der Waals surface area contributed by atoms with Gasteiger partial charge in [-0.2, -0.15) is 0 Å². The molecule has 2 N–H and O–H groups in total. The summed E-state index contributed by atoms with van der Waals surface area (Å²) in [6.07, 6.45) is 0. The largest absolute Gasteiger partial charge is 0.493 e. The van der Waals surface area contributed by atoms with E-state index in [2.05, 4.69) is 47.1 Å². The highest BCUT2D eigenvalue weighted by molar-refractivity contribution is 9.10. The van der Waals surface area contributed by atoms with Gasteiger partial charge in [0.25, 0.3) is 15.9 Å². The molecule has 168 valence electrons. The molecule has 1 amide bonds. The number of nitrogens with one attached hydrogen (secondary N) is 1. The summed E-state index contributed by atoms with van der Waals surface area (Å²) in [6.45, 7) is -0.579. The summed E-state index contributed by atoms with van der Waals surface area (Å²) in [4.78, 5) is 15.5. The van der Waals surface area contributed by atoms with Gasteiger partial charge in [0.1, 0.15) is 6.54 Å². The maximum absolute atomic E-state index is 13.3. The van der Waals surface area contributed by atoms with E-state index >= 15 is 0 Å². The van der Waals surface area contributed by atoms with Crippen molar-refractivity contribution in [2.24, 2.45) is 10.2 Å². The summed E-state index contributed by atoms with van der Waals surface area (Å²) >= 11 is 6.68.